The first-order chi connectivity index (χ1) is 17.4. The van der Waals surface area contributed by atoms with E-state index in [1.165, 1.54) is 29.9 Å². The van der Waals surface area contributed by atoms with Crippen molar-refractivity contribution in [3.8, 4) is 5.75 Å². The largest absolute Gasteiger partial charge is 0.508 e. The molecule has 2 fully saturated rings. The number of carbonyl (C=O) groups is 1. The predicted octanol–water partition coefficient (Wildman–Crippen LogP) is 6.13. The Morgan fingerprint density at radius 3 is 2.31 bits per heavy atom. The van der Waals surface area contributed by atoms with Gasteiger partial charge < -0.3 is 14.9 Å². The number of nitrogens with zero attached hydrogens (tertiary/aromatic N) is 3. The quantitative estimate of drug-likeness (QED) is 0.409. The van der Waals surface area contributed by atoms with Crippen LogP contribution in [0, 0.1) is 5.82 Å². The minimum atomic E-state index is -0.381. The highest BCUT2D eigenvalue weighted by Gasteiger charge is 2.42. The molecule has 2 aliphatic heterocycles. The second-order valence-corrected chi connectivity index (χ2v) is 9.78. The maximum Gasteiger partial charge on any atom is 0.258 e. The number of carbonyl (C=O) groups excluding carboxylic acids is 1. The smallest absolute Gasteiger partial charge is 0.258 e. The summed E-state index contributed by atoms with van der Waals surface area (Å²) in [6, 6.07) is 22.2. The van der Waals surface area contributed by atoms with Crippen LogP contribution in [0.25, 0.3) is 0 Å². The molecular weight excluding hydrogens is 453 g/mol. The molecule has 1 unspecified atom stereocenters. The zero-order valence-corrected chi connectivity index (χ0v) is 20.6. The van der Waals surface area contributed by atoms with Crippen LogP contribution in [0.2, 0.25) is 0 Å². The van der Waals surface area contributed by atoms with Gasteiger partial charge >= 0.3 is 0 Å². The second-order valence-electron chi connectivity index (χ2n) is 9.78. The molecular formula is C30H32FN3O2. The molecule has 5 nitrogen and oxygen atoms in total. The Balaban J connectivity index is 1.48. The van der Waals surface area contributed by atoms with Crippen molar-refractivity contribution in [1.82, 2.24) is 4.90 Å². The normalized spacial score (nSPS) is 21.2. The molecule has 3 aromatic carbocycles. The van der Waals surface area contributed by atoms with Gasteiger partial charge in [0.05, 0.1) is 0 Å². The summed E-state index contributed by atoms with van der Waals surface area (Å²) in [7, 11) is 1.66. The van der Waals surface area contributed by atoms with Gasteiger partial charge in [-0.2, -0.15) is 0 Å². The fourth-order valence-electron chi connectivity index (χ4n) is 5.90. The molecule has 2 aliphatic rings. The van der Waals surface area contributed by atoms with E-state index in [-0.39, 0.29) is 23.5 Å². The minimum absolute atomic E-state index is 0.209. The first-order valence-corrected chi connectivity index (χ1v) is 12.5. The van der Waals surface area contributed by atoms with Crippen molar-refractivity contribution in [1.29, 1.82) is 0 Å². The first kappa shape index (κ1) is 24.1. The van der Waals surface area contributed by atoms with E-state index in [1.54, 1.807) is 37.4 Å². The zero-order chi connectivity index (χ0) is 25.2. The van der Waals surface area contributed by atoms with E-state index >= 15 is 0 Å². The van der Waals surface area contributed by atoms with E-state index in [2.05, 4.69) is 16.4 Å². The number of halogens is 1. The summed E-state index contributed by atoms with van der Waals surface area (Å²) in [4.78, 5) is 19.7. The van der Waals surface area contributed by atoms with Crippen molar-refractivity contribution >= 4 is 23.0 Å². The third kappa shape index (κ3) is 4.73. The molecule has 0 spiro atoms. The third-order valence-corrected chi connectivity index (χ3v) is 7.54. The van der Waals surface area contributed by atoms with Crippen LogP contribution in [-0.4, -0.2) is 47.6 Å². The number of piperidine rings is 1. The van der Waals surface area contributed by atoms with Gasteiger partial charge in [0.1, 0.15) is 11.6 Å². The Labute approximate surface area is 212 Å². The molecule has 3 atom stereocenters. The van der Waals surface area contributed by atoms with Gasteiger partial charge in [-0.05, 0) is 74.2 Å². The first-order valence-electron chi connectivity index (χ1n) is 12.5. The molecule has 2 heterocycles. The SMILES string of the molecule is C=CCN1[C@@H]2CC[C@H]1CC(N(c1cccc(O)c1)c1cccc(C(=O)N(C)c3cccc(F)c3)c1)C2. The maximum absolute atomic E-state index is 13.8. The van der Waals surface area contributed by atoms with Gasteiger partial charge in [0.2, 0.25) is 0 Å². The van der Waals surface area contributed by atoms with Crippen molar-refractivity contribution in [2.75, 3.05) is 23.4 Å². The second kappa shape index (κ2) is 10.2. The summed E-state index contributed by atoms with van der Waals surface area (Å²) in [5.74, 6) is -0.379. The monoisotopic (exact) mass is 485 g/mol. The standard InChI is InChI=1S/C30H32FN3O2/c1-3-15-33-24-13-14-25(33)19-28(18-24)34(27-11-6-12-29(35)20-27)26-10-4-7-21(16-26)30(36)32(2)23-9-5-8-22(31)17-23/h3-12,16-17,20,24-25,28,35H,1,13-15,18-19H2,2H3/t24-,25+,28?. The molecule has 0 aliphatic carbocycles. The third-order valence-electron chi connectivity index (χ3n) is 7.54. The van der Waals surface area contributed by atoms with Crippen LogP contribution in [0.3, 0.4) is 0 Å². The Hall–Kier alpha value is -3.64. The number of rotatable bonds is 7. The number of phenols is 1. The molecule has 36 heavy (non-hydrogen) atoms. The minimum Gasteiger partial charge on any atom is -0.508 e. The van der Waals surface area contributed by atoms with Gasteiger partial charge in [0, 0.05) is 60.4 Å². The van der Waals surface area contributed by atoms with E-state index in [1.807, 2.05) is 36.4 Å². The number of fused-ring (bicyclic) bond motifs is 2. The average molecular weight is 486 g/mol. The highest BCUT2D eigenvalue weighted by Crippen LogP contribution is 2.42. The number of anilines is 3. The fraction of sp³-hybridized carbons (Fsp3) is 0.300. The Kier molecular flexibility index (Phi) is 6.79. The summed E-state index contributed by atoms with van der Waals surface area (Å²) in [6.07, 6.45) is 6.35. The highest BCUT2D eigenvalue weighted by atomic mass is 19.1. The number of phenolic OH excluding ortho intramolecular Hbond substituents is 1. The van der Waals surface area contributed by atoms with Gasteiger partial charge in [0.25, 0.3) is 5.91 Å². The number of benzene rings is 3. The van der Waals surface area contributed by atoms with E-state index in [0.717, 1.165) is 30.8 Å². The molecule has 6 heteroatoms. The molecule has 3 aromatic rings. The van der Waals surface area contributed by atoms with Crippen LogP contribution in [0.5, 0.6) is 5.75 Å². The fourth-order valence-corrected chi connectivity index (χ4v) is 5.90. The number of amides is 1. The lowest BCUT2D eigenvalue weighted by molar-refractivity contribution is 0.0993. The summed E-state index contributed by atoms with van der Waals surface area (Å²) in [5.41, 5.74) is 2.83. The summed E-state index contributed by atoms with van der Waals surface area (Å²) < 4.78 is 13.8. The van der Waals surface area contributed by atoms with E-state index in [0.29, 0.717) is 23.3 Å². The van der Waals surface area contributed by atoms with Crippen LogP contribution < -0.4 is 9.80 Å². The highest BCUT2D eigenvalue weighted by molar-refractivity contribution is 6.06. The van der Waals surface area contributed by atoms with Crippen LogP contribution in [0.1, 0.15) is 36.0 Å². The molecule has 0 saturated carbocycles. The zero-order valence-electron chi connectivity index (χ0n) is 20.6. The topological polar surface area (TPSA) is 47.0 Å². The van der Waals surface area contributed by atoms with Crippen molar-refractivity contribution in [2.24, 2.45) is 0 Å². The molecule has 5 rings (SSSR count). The summed E-state index contributed by atoms with van der Waals surface area (Å²) >= 11 is 0. The van der Waals surface area contributed by atoms with Crippen LogP contribution in [0.15, 0.2) is 85.5 Å². The maximum atomic E-state index is 13.8. The van der Waals surface area contributed by atoms with Crippen LogP contribution in [0.4, 0.5) is 21.5 Å². The van der Waals surface area contributed by atoms with Crippen molar-refractivity contribution < 1.29 is 14.3 Å². The van der Waals surface area contributed by atoms with Crippen LogP contribution >= 0.6 is 0 Å². The molecule has 0 radical (unpaired) electrons. The van der Waals surface area contributed by atoms with Gasteiger partial charge in [-0.25, -0.2) is 4.39 Å². The van der Waals surface area contributed by atoms with E-state index in [9.17, 15) is 14.3 Å². The predicted molar refractivity (Wildman–Crippen MR) is 143 cm³/mol. The van der Waals surface area contributed by atoms with Gasteiger partial charge in [0.15, 0.2) is 0 Å². The van der Waals surface area contributed by atoms with Crippen molar-refractivity contribution in [3.05, 3.63) is 96.8 Å². The number of hydrogen-bond donors (Lipinski definition) is 1. The van der Waals surface area contributed by atoms with Gasteiger partial charge in [-0.15, -0.1) is 6.58 Å². The number of hydrogen-bond acceptors (Lipinski definition) is 4. The molecule has 0 aromatic heterocycles. The molecule has 1 amide bonds. The van der Waals surface area contributed by atoms with E-state index < -0.39 is 0 Å². The van der Waals surface area contributed by atoms with Crippen molar-refractivity contribution in [3.63, 3.8) is 0 Å². The van der Waals surface area contributed by atoms with Crippen LogP contribution in [-0.2, 0) is 0 Å². The molecule has 2 bridgehead atoms. The van der Waals surface area contributed by atoms with Gasteiger partial charge in [-0.3, -0.25) is 9.69 Å². The molecule has 186 valence electrons. The Bertz CT molecular complexity index is 1250. The summed E-state index contributed by atoms with van der Waals surface area (Å²) in [5, 5.41) is 10.3. The Morgan fingerprint density at radius 2 is 1.64 bits per heavy atom. The lowest BCUT2D eigenvalue weighted by atomic mass is 9.94. The van der Waals surface area contributed by atoms with E-state index in [4.69, 9.17) is 0 Å². The Morgan fingerprint density at radius 1 is 1.00 bits per heavy atom. The molecule has 1 N–H and O–H groups in total. The lowest BCUT2D eigenvalue weighted by Crippen LogP contribution is -2.49. The van der Waals surface area contributed by atoms with Gasteiger partial charge in [-0.1, -0.05) is 24.3 Å². The number of aromatic hydroxyl groups is 1. The van der Waals surface area contributed by atoms with Crippen molar-refractivity contribution in [2.45, 2.75) is 43.8 Å². The molecule has 2 saturated heterocycles. The summed E-state index contributed by atoms with van der Waals surface area (Å²) in [6.45, 7) is 4.85. The average Bonchev–Trinajstić information content (AvgIpc) is 3.10. The lowest BCUT2D eigenvalue weighted by Gasteiger charge is -2.44.